The normalized spacial score (nSPS) is 12.1. The summed E-state index contributed by atoms with van der Waals surface area (Å²) in [5.41, 5.74) is -0.118. The quantitative estimate of drug-likeness (QED) is 0.830. The summed E-state index contributed by atoms with van der Waals surface area (Å²) in [5, 5.41) is 11.8. The fourth-order valence-electron chi connectivity index (χ4n) is 1.21. The van der Waals surface area contributed by atoms with Crippen LogP contribution in [-0.4, -0.2) is 33.3 Å². The smallest absolute Gasteiger partial charge is 0.255 e. The molecule has 1 amide bonds. The van der Waals surface area contributed by atoms with E-state index >= 15 is 0 Å². The molecule has 0 spiro atoms. The average Bonchev–Trinajstić information content (AvgIpc) is 2.31. The van der Waals surface area contributed by atoms with Crippen LogP contribution in [0.2, 0.25) is 0 Å². The summed E-state index contributed by atoms with van der Waals surface area (Å²) in [6.07, 6.45) is 0. The number of benzene rings is 1. The summed E-state index contributed by atoms with van der Waals surface area (Å²) in [6.45, 7) is 2.02. The van der Waals surface area contributed by atoms with Crippen molar-refractivity contribution in [2.75, 3.05) is 18.1 Å². The molecule has 0 radical (unpaired) electrons. The van der Waals surface area contributed by atoms with Crippen molar-refractivity contribution in [1.82, 2.24) is 5.32 Å². The number of carbonyl (C=O) groups is 1. The first kappa shape index (κ1) is 13.6. The Bertz CT molecular complexity index is 437. The van der Waals surface area contributed by atoms with Gasteiger partial charge in [-0.15, -0.1) is 0 Å². The molecule has 1 unspecified atom stereocenters. The molecule has 0 aliphatic carbocycles. The lowest BCUT2D eigenvalue weighted by atomic mass is 10.2. The molecule has 0 aromatic heterocycles. The summed E-state index contributed by atoms with van der Waals surface area (Å²) < 4.78 is 24.0. The monoisotopic (exact) mass is 259 g/mol. The maximum Gasteiger partial charge on any atom is 0.255 e. The van der Waals surface area contributed by atoms with Crippen molar-refractivity contribution in [1.29, 1.82) is 0 Å². The summed E-state index contributed by atoms with van der Waals surface area (Å²) in [5.74, 6) is -0.569. The van der Waals surface area contributed by atoms with Gasteiger partial charge in [-0.2, -0.15) is 0 Å². The maximum absolute atomic E-state index is 12.9. The van der Waals surface area contributed by atoms with Crippen LogP contribution in [0, 0.1) is 5.82 Å². The molecular weight excluding hydrogens is 245 g/mol. The highest BCUT2D eigenvalue weighted by atomic mass is 32.2. The third-order valence-electron chi connectivity index (χ3n) is 2.14. The van der Waals surface area contributed by atoms with E-state index in [9.17, 15) is 18.5 Å². The van der Waals surface area contributed by atoms with E-state index in [-0.39, 0.29) is 17.9 Å². The van der Waals surface area contributed by atoms with Crippen molar-refractivity contribution >= 4 is 16.7 Å². The van der Waals surface area contributed by atoms with Crippen molar-refractivity contribution < 1.29 is 18.5 Å². The number of phenols is 1. The van der Waals surface area contributed by atoms with Crippen LogP contribution < -0.4 is 5.32 Å². The van der Waals surface area contributed by atoms with E-state index in [2.05, 4.69) is 5.32 Å². The lowest BCUT2D eigenvalue weighted by Gasteiger charge is -2.06. The van der Waals surface area contributed by atoms with E-state index in [4.69, 9.17) is 0 Å². The Labute approximate surface area is 101 Å². The highest BCUT2D eigenvalue weighted by Crippen LogP contribution is 2.17. The first-order valence-corrected chi connectivity index (χ1v) is 6.65. The molecule has 1 rings (SSSR count). The second-order valence-corrected chi connectivity index (χ2v) is 5.22. The number of hydrogen-bond acceptors (Lipinski definition) is 3. The van der Waals surface area contributed by atoms with Gasteiger partial charge in [-0.1, -0.05) is 6.92 Å². The number of phenolic OH excluding ortho intramolecular Hbond substituents is 1. The zero-order valence-electron chi connectivity index (χ0n) is 9.40. The molecule has 0 aliphatic rings. The molecule has 0 fully saturated rings. The third kappa shape index (κ3) is 4.14. The van der Waals surface area contributed by atoms with Crippen LogP contribution in [0.4, 0.5) is 4.39 Å². The zero-order valence-corrected chi connectivity index (χ0v) is 10.2. The summed E-state index contributed by atoms with van der Waals surface area (Å²) in [6, 6.07) is 3.15. The van der Waals surface area contributed by atoms with Crippen LogP contribution in [0.3, 0.4) is 0 Å². The lowest BCUT2D eigenvalue weighted by molar-refractivity contribution is 0.0953. The molecule has 0 bridgehead atoms. The van der Waals surface area contributed by atoms with Gasteiger partial charge in [-0.05, 0) is 18.2 Å². The number of halogens is 1. The Morgan fingerprint density at radius 2 is 2.24 bits per heavy atom. The van der Waals surface area contributed by atoms with Gasteiger partial charge in [0.25, 0.3) is 5.91 Å². The molecule has 0 heterocycles. The minimum absolute atomic E-state index is 0.118. The summed E-state index contributed by atoms with van der Waals surface area (Å²) in [7, 11) is -0.961. The Morgan fingerprint density at radius 1 is 1.53 bits per heavy atom. The van der Waals surface area contributed by atoms with Gasteiger partial charge in [0.1, 0.15) is 11.6 Å². The first-order chi connectivity index (χ1) is 8.04. The Kier molecular flexibility index (Phi) is 5.09. The minimum Gasteiger partial charge on any atom is -0.507 e. The number of hydrogen-bond donors (Lipinski definition) is 2. The van der Waals surface area contributed by atoms with Crippen LogP contribution in [0.5, 0.6) is 5.75 Å². The van der Waals surface area contributed by atoms with Gasteiger partial charge >= 0.3 is 0 Å². The van der Waals surface area contributed by atoms with Gasteiger partial charge in [0.05, 0.1) is 5.56 Å². The average molecular weight is 259 g/mol. The second kappa shape index (κ2) is 6.34. The molecule has 94 valence electrons. The van der Waals surface area contributed by atoms with Gasteiger partial charge in [-0.25, -0.2) is 4.39 Å². The summed E-state index contributed by atoms with van der Waals surface area (Å²) in [4.78, 5) is 11.6. The fraction of sp³-hybridized carbons (Fsp3) is 0.364. The van der Waals surface area contributed by atoms with E-state index in [1.165, 1.54) is 0 Å². The van der Waals surface area contributed by atoms with Crippen LogP contribution in [0.25, 0.3) is 0 Å². The summed E-state index contributed by atoms with van der Waals surface area (Å²) >= 11 is 0. The molecule has 0 saturated carbocycles. The predicted octanol–water partition coefficient (Wildman–Crippen LogP) is 1.03. The van der Waals surface area contributed by atoms with Crippen LogP contribution in [0.1, 0.15) is 17.3 Å². The Hall–Kier alpha value is -1.43. The van der Waals surface area contributed by atoms with Gasteiger partial charge in [-0.3, -0.25) is 9.00 Å². The Balaban J connectivity index is 2.58. The van der Waals surface area contributed by atoms with E-state index in [1.807, 2.05) is 0 Å². The number of amides is 1. The second-order valence-electron chi connectivity index (χ2n) is 3.35. The number of nitrogens with one attached hydrogen (secondary N) is 1. The maximum atomic E-state index is 12.9. The highest BCUT2D eigenvalue weighted by molar-refractivity contribution is 7.84. The number of carbonyl (C=O) groups excluding carboxylic acids is 1. The molecular formula is C11H14FNO3S. The molecule has 1 aromatic rings. The van der Waals surface area contributed by atoms with E-state index < -0.39 is 22.5 Å². The molecule has 2 N–H and O–H groups in total. The molecule has 17 heavy (non-hydrogen) atoms. The van der Waals surface area contributed by atoms with Gasteiger partial charge in [0, 0.05) is 28.9 Å². The van der Waals surface area contributed by atoms with Crippen molar-refractivity contribution in [3.63, 3.8) is 0 Å². The molecule has 0 saturated heterocycles. The van der Waals surface area contributed by atoms with Crippen molar-refractivity contribution in [2.45, 2.75) is 6.92 Å². The largest absolute Gasteiger partial charge is 0.507 e. The van der Waals surface area contributed by atoms with E-state index in [0.717, 1.165) is 18.2 Å². The molecule has 1 atom stereocenters. The van der Waals surface area contributed by atoms with Crippen molar-refractivity contribution in [3.05, 3.63) is 29.6 Å². The van der Waals surface area contributed by atoms with Gasteiger partial charge in [0.2, 0.25) is 0 Å². The fourth-order valence-corrected chi connectivity index (χ4v) is 1.83. The molecule has 1 aromatic carbocycles. The molecule has 0 aliphatic heterocycles. The Morgan fingerprint density at radius 3 is 2.88 bits per heavy atom. The van der Waals surface area contributed by atoms with Gasteiger partial charge in [0.15, 0.2) is 0 Å². The zero-order chi connectivity index (χ0) is 12.8. The number of rotatable bonds is 5. The highest BCUT2D eigenvalue weighted by Gasteiger charge is 2.11. The van der Waals surface area contributed by atoms with Gasteiger partial charge < -0.3 is 10.4 Å². The van der Waals surface area contributed by atoms with Crippen LogP contribution in [0.15, 0.2) is 18.2 Å². The SMILES string of the molecule is CCS(=O)CCNC(=O)c1cc(F)ccc1O. The number of aromatic hydroxyl groups is 1. The van der Waals surface area contributed by atoms with E-state index in [1.54, 1.807) is 6.92 Å². The van der Waals surface area contributed by atoms with Crippen molar-refractivity contribution in [3.8, 4) is 5.75 Å². The molecule has 4 nitrogen and oxygen atoms in total. The third-order valence-corrected chi connectivity index (χ3v) is 3.44. The van der Waals surface area contributed by atoms with Crippen LogP contribution >= 0.6 is 0 Å². The van der Waals surface area contributed by atoms with Crippen molar-refractivity contribution in [2.24, 2.45) is 0 Å². The lowest BCUT2D eigenvalue weighted by Crippen LogP contribution is -2.28. The molecule has 6 heteroatoms. The van der Waals surface area contributed by atoms with E-state index in [0.29, 0.717) is 11.5 Å². The van der Waals surface area contributed by atoms with Crippen LogP contribution in [-0.2, 0) is 10.8 Å². The minimum atomic E-state index is -0.961. The standard InChI is InChI=1S/C11H14FNO3S/c1-2-17(16)6-5-13-11(15)9-7-8(12)3-4-10(9)14/h3-4,7,14H,2,5-6H2,1H3,(H,13,15). The predicted molar refractivity (Wildman–Crippen MR) is 63.9 cm³/mol. The topological polar surface area (TPSA) is 66.4 Å². The first-order valence-electron chi connectivity index (χ1n) is 5.16.